The number of anilines is 6. The standard InChI is InChI=1S/C65H40N2S2/c1-3-15-43(16-4-1)66(47-30-33-54-52-21-9-13-25-61(52)68-63(54)39-47)45-28-27-41-36-56-51-32-29-46(67(44-17-5-2-6-18-44)48-31-34-55-53-22-10-14-26-62(53)69-64(55)40-48)38-60(51)65(59(56)37-42(41)35-45)57-23-11-7-19-49(57)50-20-8-12-24-58(50)65/h1-40H. The molecule has 69 heavy (non-hydrogen) atoms. The summed E-state index contributed by atoms with van der Waals surface area (Å²) in [6, 6.07) is 90.7. The average molecular weight is 913 g/mol. The lowest BCUT2D eigenvalue weighted by Crippen LogP contribution is -2.26. The van der Waals surface area contributed by atoms with Crippen LogP contribution in [0.5, 0.6) is 0 Å². The maximum atomic E-state index is 2.52. The molecule has 0 N–H and O–H groups in total. The molecule has 11 aromatic carbocycles. The first-order chi connectivity index (χ1) is 34.2. The van der Waals surface area contributed by atoms with Gasteiger partial charge in [-0.25, -0.2) is 0 Å². The van der Waals surface area contributed by atoms with Crippen LogP contribution >= 0.6 is 22.7 Å². The summed E-state index contributed by atoms with van der Waals surface area (Å²) in [5.41, 5.74) is 16.7. The van der Waals surface area contributed by atoms with Crippen molar-refractivity contribution in [1.82, 2.24) is 0 Å². The van der Waals surface area contributed by atoms with Crippen molar-refractivity contribution in [3.63, 3.8) is 0 Å². The van der Waals surface area contributed by atoms with Gasteiger partial charge in [0.05, 0.1) is 5.41 Å². The molecule has 2 aromatic heterocycles. The van der Waals surface area contributed by atoms with Crippen LogP contribution in [0.3, 0.4) is 0 Å². The number of para-hydroxylation sites is 2. The Morgan fingerprint density at radius 1 is 0.246 bits per heavy atom. The number of thiophene rings is 2. The Kier molecular flexibility index (Phi) is 8.35. The van der Waals surface area contributed by atoms with E-state index in [1.165, 1.54) is 95.6 Å². The second-order valence-electron chi connectivity index (χ2n) is 18.4. The van der Waals surface area contributed by atoms with Gasteiger partial charge in [-0.1, -0.05) is 146 Å². The summed E-state index contributed by atoms with van der Waals surface area (Å²) >= 11 is 3.73. The van der Waals surface area contributed by atoms with Gasteiger partial charge in [0, 0.05) is 74.5 Å². The van der Waals surface area contributed by atoms with Gasteiger partial charge in [-0.2, -0.15) is 0 Å². The summed E-state index contributed by atoms with van der Waals surface area (Å²) in [6.07, 6.45) is 0. The zero-order chi connectivity index (χ0) is 45.2. The first-order valence-corrected chi connectivity index (χ1v) is 25.3. The average Bonchev–Trinajstić information content (AvgIpc) is 4.13. The van der Waals surface area contributed by atoms with E-state index in [-0.39, 0.29) is 0 Å². The lowest BCUT2D eigenvalue weighted by Gasteiger charge is -2.32. The molecule has 2 aliphatic carbocycles. The van der Waals surface area contributed by atoms with Gasteiger partial charge in [0.2, 0.25) is 0 Å². The van der Waals surface area contributed by atoms with Gasteiger partial charge in [-0.15, -0.1) is 22.7 Å². The summed E-state index contributed by atoms with van der Waals surface area (Å²) in [5, 5.41) is 7.66. The third-order valence-electron chi connectivity index (χ3n) is 14.8. The van der Waals surface area contributed by atoms with E-state index >= 15 is 0 Å². The highest BCUT2D eigenvalue weighted by molar-refractivity contribution is 7.26. The van der Waals surface area contributed by atoms with Crippen molar-refractivity contribution in [3.8, 4) is 22.3 Å². The molecular formula is C65H40N2S2. The fraction of sp³-hybridized carbons (Fsp3) is 0.0154. The van der Waals surface area contributed by atoms with Crippen LogP contribution in [-0.2, 0) is 5.41 Å². The first kappa shape index (κ1) is 38.8. The van der Waals surface area contributed by atoms with E-state index in [0.717, 1.165) is 34.1 Å². The van der Waals surface area contributed by atoms with Crippen LogP contribution < -0.4 is 9.80 Å². The zero-order valence-corrected chi connectivity index (χ0v) is 38.9. The van der Waals surface area contributed by atoms with Gasteiger partial charge in [-0.3, -0.25) is 0 Å². The minimum Gasteiger partial charge on any atom is -0.310 e. The highest BCUT2D eigenvalue weighted by Crippen LogP contribution is 2.64. The zero-order valence-electron chi connectivity index (χ0n) is 37.3. The normalized spacial score (nSPS) is 13.0. The highest BCUT2D eigenvalue weighted by atomic mass is 32.1. The van der Waals surface area contributed by atoms with Crippen LogP contribution in [0.2, 0.25) is 0 Å². The molecule has 2 heterocycles. The van der Waals surface area contributed by atoms with Crippen LogP contribution in [0.15, 0.2) is 243 Å². The third-order valence-corrected chi connectivity index (χ3v) is 17.1. The first-order valence-electron chi connectivity index (χ1n) is 23.6. The number of nitrogens with zero attached hydrogens (tertiary/aromatic N) is 2. The van der Waals surface area contributed by atoms with Gasteiger partial charge in [0.25, 0.3) is 0 Å². The van der Waals surface area contributed by atoms with Crippen molar-refractivity contribution in [2.75, 3.05) is 9.80 Å². The van der Waals surface area contributed by atoms with E-state index in [0.29, 0.717) is 0 Å². The molecule has 2 nitrogen and oxygen atoms in total. The molecule has 1 spiro atoms. The lowest BCUT2D eigenvalue weighted by atomic mass is 9.70. The van der Waals surface area contributed by atoms with E-state index < -0.39 is 5.41 Å². The molecule has 0 bridgehead atoms. The Morgan fingerprint density at radius 3 is 1.28 bits per heavy atom. The van der Waals surface area contributed by atoms with Crippen LogP contribution in [0.25, 0.3) is 73.4 Å². The summed E-state index contributed by atoms with van der Waals surface area (Å²) in [7, 11) is 0. The number of hydrogen-bond acceptors (Lipinski definition) is 4. The second-order valence-corrected chi connectivity index (χ2v) is 20.6. The summed E-state index contributed by atoms with van der Waals surface area (Å²) < 4.78 is 5.20. The SMILES string of the molecule is c1ccc(N(c2ccc3c(c2)C2(c4ccccc4-c4ccccc42)c2cc4cc(N(c5ccccc5)c5ccc6c(c5)sc5ccccc56)ccc4cc2-3)c2ccc3c(c2)sc2ccccc23)cc1. The summed E-state index contributed by atoms with van der Waals surface area (Å²) in [6.45, 7) is 0. The van der Waals surface area contributed by atoms with Gasteiger partial charge >= 0.3 is 0 Å². The smallest absolute Gasteiger partial charge is 0.0726 e. The highest BCUT2D eigenvalue weighted by Gasteiger charge is 2.52. The van der Waals surface area contributed by atoms with Gasteiger partial charge in [0.15, 0.2) is 0 Å². The minimum absolute atomic E-state index is 0.540. The van der Waals surface area contributed by atoms with E-state index in [1.54, 1.807) is 0 Å². The Bertz CT molecular complexity index is 4180. The number of rotatable bonds is 6. The molecule has 0 fully saturated rings. The molecule has 0 atom stereocenters. The van der Waals surface area contributed by atoms with Crippen molar-refractivity contribution in [2.24, 2.45) is 0 Å². The molecule has 0 saturated heterocycles. The number of fused-ring (bicyclic) bond motifs is 17. The van der Waals surface area contributed by atoms with Crippen LogP contribution in [0.1, 0.15) is 22.3 Å². The monoisotopic (exact) mass is 912 g/mol. The minimum atomic E-state index is -0.540. The topological polar surface area (TPSA) is 6.48 Å². The van der Waals surface area contributed by atoms with E-state index in [2.05, 4.69) is 252 Å². The predicted octanol–water partition coefficient (Wildman–Crippen LogP) is 18.9. The summed E-state index contributed by atoms with van der Waals surface area (Å²) in [4.78, 5) is 4.87. The Balaban J connectivity index is 0.945. The maximum Gasteiger partial charge on any atom is 0.0726 e. The Hall–Kier alpha value is -8.28. The molecular weight excluding hydrogens is 873 g/mol. The largest absolute Gasteiger partial charge is 0.310 e. The Morgan fingerprint density at radius 2 is 0.681 bits per heavy atom. The van der Waals surface area contributed by atoms with Crippen molar-refractivity contribution in [1.29, 1.82) is 0 Å². The van der Waals surface area contributed by atoms with Crippen molar-refractivity contribution in [3.05, 3.63) is 265 Å². The molecule has 15 rings (SSSR count). The quantitative estimate of drug-likeness (QED) is 0.164. The van der Waals surface area contributed by atoms with Crippen LogP contribution in [-0.4, -0.2) is 0 Å². The number of hydrogen-bond donors (Lipinski definition) is 0. The van der Waals surface area contributed by atoms with E-state index in [1.807, 2.05) is 22.7 Å². The molecule has 0 unspecified atom stereocenters. The molecule has 0 aliphatic heterocycles. The second kappa shape index (κ2) is 14.9. The molecule has 4 heteroatoms. The molecule has 322 valence electrons. The summed E-state index contributed by atoms with van der Waals surface area (Å²) in [5.74, 6) is 0. The van der Waals surface area contributed by atoms with Gasteiger partial charge in [0.1, 0.15) is 0 Å². The van der Waals surface area contributed by atoms with Crippen molar-refractivity contribution in [2.45, 2.75) is 5.41 Å². The van der Waals surface area contributed by atoms with Crippen LogP contribution in [0.4, 0.5) is 34.1 Å². The third kappa shape index (κ3) is 5.65. The number of benzene rings is 11. The molecule has 13 aromatic rings. The predicted molar refractivity (Wildman–Crippen MR) is 295 cm³/mol. The maximum absolute atomic E-state index is 2.52. The Labute approximate surface area is 407 Å². The van der Waals surface area contributed by atoms with Gasteiger partial charge < -0.3 is 9.80 Å². The van der Waals surface area contributed by atoms with E-state index in [4.69, 9.17) is 0 Å². The van der Waals surface area contributed by atoms with Crippen LogP contribution in [0, 0.1) is 0 Å². The molecule has 0 radical (unpaired) electrons. The van der Waals surface area contributed by atoms with Gasteiger partial charge in [-0.05, 0) is 152 Å². The molecule has 0 saturated carbocycles. The molecule has 0 amide bonds. The fourth-order valence-corrected chi connectivity index (χ4v) is 14.2. The fourth-order valence-electron chi connectivity index (χ4n) is 11.9. The van der Waals surface area contributed by atoms with E-state index in [9.17, 15) is 0 Å². The van der Waals surface area contributed by atoms with Crippen molar-refractivity contribution >= 4 is 108 Å². The van der Waals surface area contributed by atoms with Crippen molar-refractivity contribution < 1.29 is 0 Å². The lowest BCUT2D eigenvalue weighted by molar-refractivity contribution is 0.795. The molecule has 2 aliphatic rings.